The summed E-state index contributed by atoms with van der Waals surface area (Å²) in [7, 11) is 6.24. The number of hydrogen-bond acceptors (Lipinski definition) is 8. The Balaban J connectivity index is 1.34. The minimum atomic E-state index is -0.302. The van der Waals surface area contributed by atoms with Gasteiger partial charge in [0.2, 0.25) is 0 Å². The fourth-order valence-corrected chi connectivity index (χ4v) is 6.41. The fourth-order valence-electron chi connectivity index (χ4n) is 5.61. The van der Waals surface area contributed by atoms with Gasteiger partial charge in [0.15, 0.2) is 23.0 Å². The first-order chi connectivity index (χ1) is 24.2. The first-order valence-electron chi connectivity index (χ1n) is 15.4. The normalized spacial score (nSPS) is 15.9. The Labute approximate surface area is 306 Å². The highest BCUT2D eigenvalue weighted by Gasteiger charge is 2.35. The van der Waals surface area contributed by atoms with Crippen LogP contribution in [0.25, 0.3) is 12.2 Å². The molecule has 2 amide bonds. The van der Waals surface area contributed by atoms with Crippen molar-refractivity contribution in [1.82, 2.24) is 9.80 Å². The summed E-state index contributed by atoms with van der Waals surface area (Å²) in [6.07, 6.45) is 3.42. The molecule has 12 heteroatoms. The van der Waals surface area contributed by atoms with E-state index >= 15 is 0 Å². The zero-order valence-electron chi connectivity index (χ0n) is 27.6. The number of aliphatic imine (C=N–C) groups is 2. The van der Waals surface area contributed by atoms with Crippen molar-refractivity contribution >= 4 is 67.5 Å². The maximum absolute atomic E-state index is 14.1. The summed E-state index contributed by atoms with van der Waals surface area (Å²) in [5.41, 5.74) is 3.41. The minimum absolute atomic E-state index is 0.149. The van der Waals surface area contributed by atoms with Crippen LogP contribution < -0.4 is 18.9 Å². The van der Waals surface area contributed by atoms with E-state index in [4.69, 9.17) is 28.9 Å². The summed E-state index contributed by atoms with van der Waals surface area (Å²) in [5, 5.41) is 0. The lowest BCUT2D eigenvalue weighted by atomic mass is 10.1. The molecule has 2 heterocycles. The summed E-state index contributed by atoms with van der Waals surface area (Å²) in [5.74, 6) is 2.55. The minimum Gasteiger partial charge on any atom is -0.493 e. The average molecular weight is 801 g/mol. The average Bonchev–Trinajstić information content (AvgIpc) is 3.61. The summed E-state index contributed by atoms with van der Waals surface area (Å²) in [6.45, 7) is 0.297. The molecule has 0 aliphatic carbocycles. The van der Waals surface area contributed by atoms with Gasteiger partial charge < -0.3 is 18.9 Å². The van der Waals surface area contributed by atoms with E-state index in [9.17, 15) is 9.59 Å². The van der Waals surface area contributed by atoms with Crippen LogP contribution in [0.5, 0.6) is 23.0 Å². The van der Waals surface area contributed by atoms with Gasteiger partial charge in [0.1, 0.15) is 23.1 Å². The number of carbonyl (C=O) groups excluding carboxylic acids is 2. The van der Waals surface area contributed by atoms with Gasteiger partial charge in [-0.1, -0.05) is 68.3 Å². The van der Waals surface area contributed by atoms with Gasteiger partial charge in [-0.2, -0.15) is 0 Å². The van der Waals surface area contributed by atoms with Crippen molar-refractivity contribution in [3.63, 3.8) is 0 Å². The number of ether oxygens (including phenoxy) is 4. The number of amides is 2. The zero-order valence-corrected chi connectivity index (χ0v) is 30.8. The molecule has 4 aromatic rings. The zero-order chi connectivity index (χ0) is 35.4. The van der Waals surface area contributed by atoms with Gasteiger partial charge >= 0.3 is 0 Å². The molecule has 6 rings (SSSR count). The second kappa shape index (κ2) is 15.1. The number of hydrogen-bond donors (Lipinski definition) is 0. The third kappa shape index (κ3) is 7.22. The number of rotatable bonds is 11. The third-order valence-electron chi connectivity index (χ3n) is 8.03. The highest BCUT2D eigenvalue weighted by molar-refractivity contribution is 9.10. The molecule has 0 bridgehead atoms. The predicted octanol–water partition coefficient (Wildman–Crippen LogP) is 7.21. The summed E-state index contributed by atoms with van der Waals surface area (Å²) < 4.78 is 23.3. The maximum atomic E-state index is 14.1. The number of halogens is 2. The molecule has 0 N–H and O–H groups in total. The molecule has 0 fully saturated rings. The lowest BCUT2D eigenvalue weighted by Crippen LogP contribution is -2.42. The predicted molar refractivity (Wildman–Crippen MR) is 200 cm³/mol. The molecular formula is C38H32Br2N4O6. The molecule has 50 heavy (non-hydrogen) atoms. The maximum Gasteiger partial charge on any atom is 0.278 e. The van der Waals surface area contributed by atoms with Crippen LogP contribution in [0.15, 0.2) is 115 Å². The van der Waals surface area contributed by atoms with Crippen LogP contribution in [0.1, 0.15) is 22.3 Å². The highest BCUT2D eigenvalue weighted by Crippen LogP contribution is 2.32. The van der Waals surface area contributed by atoms with Crippen LogP contribution in [-0.4, -0.2) is 74.8 Å². The van der Waals surface area contributed by atoms with E-state index in [0.29, 0.717) is 45.8 Å². The second-order valence-electron chi connectivity index (χ2n) is 11.1. The fraction of sp³-hybridized carbons (Fsp3) is 0.158. The van der Waals surface area contributed by atoms with Gasteiger partial charge in [0.05, 0.1) is 28.4 Å². The van der Waals surface area contributed by atoms with Gasteiger partial charge in [-0.25, -0.2) is 9.98 Å². The smallest absolute Gasteiger partial charge is 0.278 e. The van der Waals surface area contributed by atoms with Gasteiger partial charge in [-0.05, 0) is 71.8 Å². The molecule has 0 radical (unpaired) electrons. The van der Waals surface area contributed by atoms with E-state index in [1.807, 2.05) is 60.7 Å². The van der Waals surface area contributed by atoms with Crippen molar-refractivity contribution in [3.05, 3.63) is 128 Å². The number of benzene rings is 4. The Morgan fingerprint density at radius 2 is 0.960 bits per heavy atom. The molecule has 0 unspecified atom stereocenters. The SMILES string of the molecule is COc1ccc(C=C2N=C(c3cccc(Br)c3)N(CCN3C(=O)C(=Cc4ccc(OC)c(OC)c4)N=C3c3cccc(Br)c3)C2=O)cc1OC. The van der Waals surface area contributed by atoms with Crippen molar-refractivity contribution in [2.75, 3.05) is 41.5 Å². The van der Waals surface area contributed by atoms with Crippen molar-refractivity contribution in [1.29, 1.82) is 0 Å². The van der Waals surface area contributed by atoms with Crippen LogP contribution in [-0.2, 0) is 9.59 Å². The van der Waals surface area contributed by atoms with Crippen molar-refractivity contribution < 1.29 is 28.5 Å². The van der Waals surface area contributed by atoms with Crippen molar-refractivity contribution in [2.45, 2.75) is 0 Å². The van der Waals surface area contributed by atoms with Gasteiger partial charge in [0.25, 0.3) is 11.8 Å². The molecule has 0 saturated heterocycles. The van der Waals surface area contributed by atoms with Crippen LogP contribution >= 0.6 is 31.9 Å². The van der Waals surface area contributed by atoms with Crippen LogP contribution in [0.2, 0.25) is 0 Å². The Bertz CT molecular complexity index is 1960. The molecule has 10 nitrogen and oxygen atoms in total. The Hall–Kier alpha value is -5.20. The van der Waals surface area contributed by atoms with E-state index < -0.39 is 0 Å². The Morgan fingerprint density at radius 1 is 0.560 bits per heavy atom. The highest BCUT2D eigenvalue weighted by atomic mass is 79.9. The molecule has 2 aliphatic heterocycles. The quantitative estimate of drug-likeness (QED) is 0.149. The third-order valence-corrected chi connectivity index (χ3v) is 9.01. The van der Waals surface area contributed by atoms with E-state index in [1.54, 1.807) is 74.7 Å². The monoisotopic (exact) mass is 798 g/mol. The van der Waals surface area contributed by atoms with Gasteiger partial charge in [-0.15, -0.1) is 0 Å². The summed E-state index contributed by atoms with van der Waals surface area (Å²) in [4.78, 5) is 40.9. The number of methoxy groups -OCH3 is 4. The van der Waals surface area contributed by atoms with Gasteiger partial charge in [0, 0.05) is 33.2 Å². The van der Waals surface area contributed by atoms with Crippen LogP contribution in [0.3, 0.4) is 0 Å². The van der Waals surface area contributed by atoms with E-state index in [2.05, 4.69) is 31.9 Å². The van der Waals surface area contributed by atoms with Crippen LogP contribution in [0.4, 0.5) is 0 Å². The number of carbonyl (C=O) groups is 2. The molecule has 0 spiro atoms. The topological polar surface area (TPSA) is 102 Å². The lowest BCUT2D eigenvalue weighted by Gasteiger charge is -2.24. The molecule has 0 atom stereocenters. The molecule has 4 aromatic carbocycles. The summed E-state index contributed by atoms with van der Waals surface area (Å²) >= 11 is 7.08. The molecule has 2 aliphatic rings. The Kier molecular flexibility index (Phi) is 10.5. The molecule has 0 aromatic heterocycles. The lowest BCUT2D eigenvalue weighted by molar-refractivity contribution is -0.125. The Morgan fingerprint density at radius 3 is 1.32 bits per heavy atom. The van der Waals surface area contributed by atoms with Crippen molar-refractivity contribution in [3.8, 4) is 23.0 Å². The molecular weight excluding hydrogens is 768 g/mol. The molecule has 0 saturated carbocycles. The summed E-state index contributed by atoms with van der Waals surface area (Å²) in [6, 6.07) is 25.9. The first-order valence-corrected chi connectivity index (χ1v) is 17.0. The first kappa shape index (κ1) is 34.7. The second-order valence-corrected chi connectivity index (χ2v) is 12.9. The number of amidine groups is 2. The van der Waals surface area contributed by atoms with Gasteiger partial charge in [-0.3, -0.25) is 19.4 Å². The standard InChI is InChI=1S/C38H32Br2N4O6/c1-47-31-13-11-23(19-33(31)49-3)17-29-37(45)43(35(41-29)25-7-5-9-27(39)21-25)15-16-44-36(26-8-6-10-28(40)22-26)42-30(38(44)46)18-24-12-14-32(48-2)34(20-24)50-4/h5-14,17-22H,15-16H2,1-4H3. The molecule has 254 valence electrons. The van der Waals surface area contributed by atoms with E-state index in [1.165, 1.54) is 0 Å². The van der Waals surface area contributed by atoms with Crippen molar-refractivity contribution in [2.24, 2.45) is 9.98 Å². The van der Waals surface area contributed by atoms with E-state index in [-0.39, 0.29) is 36.3 Å². The number of nitrogens with zero attached hydrogens (tertiary/aromatic N) is 4. The van der Waals surface area contributed by atoms with E-state index in [0.717, 1.165) is 20.1 Å². The largest absolute Gasteiger partial charge is 0.493 e. The van der Waals surface area contributed by atoms with Crippen LogP contribution in [0, 0.1) is 0 Å².